The van der Waals surface area contributed by atoms with Crippen molar-refractivity contribution >= 4 is 45.9 Å². The molecule has 1 fully saturated rings. The molecule has 0 amide bonds. The highest BCUT2D eigenvalue weighted by Crippen LogP contribution is 2.20. The predicted molar refractivity (Wildman–Crippen MR) is 108 cm³/mol. The van der Waals surface area contributed by atoms with Crippen molar-refractivity contribution in [2.24, 2.45) is 4.99 Å². The molecule has 0 bridgehead atoms. The number of rotatable bonds is 5. The molecule has 10 heteroatoms. The molecule has 2 rings (SSSR count). The third kappa shape index (κ3) is 7.95. The summed E-state index contributed by atoms with van der Waals surface area (Å²) in [6, 6.07) is 4.64. The van der Waals surface area contributed by atoms with Crippen LogP contribution in [-0.4, -0.2) is 49.3 Å². The molecule has 1 saturated heterocycles. The summed E-state index contributed by atoms with van der Waals surface area (Å²) in [5, 5.41) is 6.17. The van der Waals surface area contributed by atoms with Gasteiger partial charge in [-0.3, -0.25) is 4.90 Å². The minimum atomic E-state index is -4.19. The Morgan fingerprint density at radius 1 is 1.38 bits per heavy atom. The van der Waals surface area contributed by atoms with Crippen LogP contribution in [-0.2, 0) is 6.54 Å². The van der Waals surface area contributed by atoms with E-state index in [-0.39, 0.29) is 42.4 Å². The summed E-state index contributed by atoms with van der Waals surface area (Å²) in [5.41, 5.74) is 0.450. The van der Waals surface area contributed by atoms with Crippen LogP contribution >= 0.6 is 39.9 Å². The van der Waals surface area contributed by atoms with E-state index in [1.54, 1.807) is 12.1 Å². The average molecular weight is 553 g/mol. The Morgan fingerprint density at radius 3 is 2.73 bits per heavy atom. The van der Waals surface area contributed by atoms with Crippen molar-refractivity contribution in [3.63, 3.8) is 0 Å². The third-order valence-corrected chi connectivity index (χ3v) is 4.28. The van der Waals surface area contributed by atoms with Crippen molar-refractivity contribution in [3.05, 3.63) is 34.1 Å². The molecule has 26 heavy (non-hydrogen) atoms. The lowest BCUT2D eigenvalue weighted by Crippen LogP contribution is -2.45. The van der Waals surface area contributed by atoms with Crippen molar-refractivity contribution < 1.29 is 17.6 Å². The number of nitrogens with one attached hydrogen (secondary N) is 2. The zero-order chi connectivity index (χ0) is 18.4. The van der Waals surface area contributed by atoms with Gasteiger partial charge in [0.15, 0.2) is 5.96 Å². The third-order valence-electron chi connectivity index (χ3n) is 3.78. The zero-order valence-electron chi connectivity index (χ0n) is 14.2. The molecular formula is C16H22BrF4IN4. The van der Waals surface area contributed by atoms with Crippen LogP contribution in [0.1, 0.15) is 18.9 Å². The lowest BCUT2D eigenvalue weighted by molar-refractivity contribution is -0.143. The Hall–Kier alpha value is -0.620. The van der Waals surface area contributed by atoms with Crippen LogP contribution in [0.15, 0.2) is 27.7 Å². The maximum atomic E-state index is 13.8. The number of guanidine groups is 1. The van der Waals surface area contributed by atoms with E-state index < -0.39 is 12.7 Å². The molecule has 0 aromatic heterocycles. The van der Waals surface area contributed by atoms with Crippen molar-refractivity contribution in [3.8, 4) is 0 Å². The Kier molecular flexibility index (Phi) is 9.59. The van der Waals surface area contributed by atoms with Crippen molar-refractivity contribution in [1.29, 1.82) is 0 Å². The monoisotopic (exact) mass is 552 g/mol. The standard InChI is InChI=1S/C16H21BrF4N4.HI/c1-2-22-15(23-8-11-3-4-12(17)7-14(11)18)24-13-5-6-25(9-13)10-16(19,20)21;/h3-4,7,13H,2,5-6,8-10H2,1H3,(H2,22,23,24);1H. The van der Waals surface area contributed by atoms with E-state index in [1.165, 1.54) is 11.0 Å². The molecule has 1 aromatic carbocycles. The molecular weight excluding hydrogens is 531 g/mol. The van der Waals surface area contributed by atoms with Crippen molar-refractivity contribution in [1.82, 2.24) is 15.5 Å². The molecule has 2 N–H and O–H groups in total. The number of nitrogens with zero attached hydrogens (tertiary/aromatic N) is 2. The number of likely N-dealkylation sites (tertiary alicyclic amines) is 1. The van der Waals surface area contributed by atoms with E-state index in [1.807, 2.05) is 6.92 Å². The highest BCUT2D eigenvalue weighted by atomic mass is 127. The fraction of sp³-hybridized carbons (Fsp3) is 0.562. The first-order chi connectivity index (χ1) is 11.8. The van der Waals surface area contributed by atoms with Crippen LogP contribution in [0.3, 0.4) is 0 Å². The van der Waals surface area contributed by atoms with Crippen molar-refractivity contribution in [2.45, 2.75) is 32.1 Å². The highest BCUT2D eigenvalue weighted by Gasteiger charge is 2.34. The second-order valence-corrected chi connectivity index (χ2v) is 6.83. The smallest absolute Gasteiger partial charge is 0.357 e. The summed E-state index contributed by atoms with van der Waals surface area (Å²) >= 11 is 3.20. The van der Waals surface area contributed by atoms with Gasteiger partial charge in [-0.05, 0) is 25.5 Å². The van der Waals surface area contributed by atoms with Crippen molar-refractivity contribution in [2.75, 3.05) is 26.2 Å². The van der Waals surface area contributed by atoms with E-state index in [2.05, 4.69) is 31.6 Å². The summed E-state index contributed by atoms with van der Waals surface area (Å²) in [5.74, 6) is 0.120. The molecule has 1 aromatic rings. The van der Waals surface area contributed by atoms with Crippen LogP contribution in [0.25, 0.3) is 0 Å². The van der Waals surface area contributed by atoms with Gasteiger partial charge in [0.05, 0.1) is 13.1 Å². The molecule has 0 radical (unpaired) electrons. The number of hydrogen-bond acceptors (Lipinski definition) is 2. The molecule has 4 nitrogen and oxygen atoms in total. The number of halogens is 6. The first-order valence-corrected chi connectivity index (χ1v) is 8.84. The zero-order valence-corrected chi connectivity index (χ0v) is 18.2. The molecule has 1 aliphatic heterocycles. The topological polar surface area (TPSA) is 39.7 Å². The second-order valence-electron chi connectivity index (χ2n) is 5.91. The maximum absolute atomic E-state index is 13.8. The quantitative estimate of drug-likeness (QED) is 0.252. The molecule has 1 unspecified atom stereocenters. The Bertz CT molecular complexity index is 612. The molecule has 0 saturated carbocycles. The van der Waals surface area contributed by atoms with Crippen LogP contribution in [0.4, 0.5) is 17.6 Å². The van der Waals surface area contributed by atoms with E-state index in [0.717, 1.165) is 0 Å². The lowest BCUT2D eigenvalue weighted by atomic mass is 10.2. The van der Waals surface area contributed by atoms with Gasteiger partial charge in [0, 0.05) is 35.7 Å². The number of benzene rings is 1. The summed E-state index contributed by atoms with van der Waals surface area (Å²) in [6.07, 6.45) is -3.58. The molecule has 1 aliphatic rings. The molecule has 148 valence electrons. The summed E-state index contributed by atoms with van der Waals surface area (Å²) in [6.45, 7) is 2.43. The number of aliphatic imine (C=N–C) groups is 1. The maximum Gasteiger partial charge on any atom is 0.401 e. The van der Waals surface area contributed by atoms with Gasteiger partial charge in [0.25, 0.3) is 0 Å². The average Bonchev–Trinajstić information content (AvgIpc) is 2.91. The van der Waals surface area contributed by atoms with E-state index in [9.17, 15) is 17.6 Å². The fourth-order valence-electron chi connectivity index (χ4n) is 2.68. The van der Waals surface area contributed by atoms with Crippen LogP contribution in [0.2, 0.25) is 0 Å². The van der Waals surface area contributed by atoms with Crippen LogP contribution < -0.4 is 10.6 Å². The van der Waals surface area contributed by atoms with Gasteiger partial charge in [-0.1, -0.05) is 22.0 Å². The van der Waals surface area contributed by atoms with E-state index in [0.29, 0.717) is 42.1 Å². The van der Waals surface area contributed by atoms with Gasteiger partial charge < -0.3 is 10.6 Å². The van der Waals surface area contributed by atoms with Gasteiger partial charge in [-0.25, -0.2) is 9.38 Å². The summed E-state index contributed by atoms with van der Waals surface area (Å²) < 4.78 is 51.9. The minimum Gasteiger partial charge on any atom is -0.357 e. The number of hydrogen-bond donors (Lipinski definition) is 2. The van der Waals surface area contributed by atoms with Gasteiger partial charge in [-0.15, -0.1) is 24.0 Å². The molecule has 0 spiro atoms. The fourth-order valence-corrected chi connectivity index (χ4v) is 3.01. The lowest BCUT2D eigenvalue weighted by Gasteiger charge is -2.19. The molecule has 0 aliphatic carbocycles. The number of alkyl halides is 3. The Labute approximate surface area is 176 Å². The minimum absolute atomic E-state index is 0. The largest absolute Gasteiger partial charge is 0.401 e. The van der Waals surface area contributed by atoms with Crippen LogP contribution in [0, 0.1) is 5.82 Å². The SMILES string of the molecule is CCNC(=NCc1ccc(Br)cc1F)NC1CCN(CC(F)(F)F)C1.I. The normalized spacial score (nSPS) is 18.5. The van der Waals surface area contributed by atoms with E-state index >= 15 is 0 Å². The van der Waals surface area contributed by atoms with Gasteiger partial charge in [-0.2, -0.15) is 13.2 Å². The Balaban J connectivity index is 0.00000338. The van der Waals surface area contributed by atoms with E-state index in [4.69, 9.17) is 0 Å². The molecule has 1 atom stereocenters. The predicted octanol–water partition coefficient (Wildman–Crippen LogP) is 3.90. The second kappa shape index (κ2) is 10.6. The Morgan fingerprint density at radius 2 is 2.12 bits per heavy atom. The van der Waals surface area contributed by atoms with Gasteiger partial charge in [0.1, 0.15) is 5.82 Å². The molecule has 1 heterocycles. The first-order valence-electron chi connectivity index (χ1n) is 8.04. The summed E-state index contributed by atoms with van der Waals surface area (Å²) in [7, 11) is 0. The van der Waals surface area contributed by atoms with Crippen LogP contribution in [0.5, 0.6) is 0 Å². The van der Waals surface area contributed by atoms with Gasteiger partial charge in [0.2, 0.25) is 0 Å². The van der Waals surface area contributed by atoms with Gasteiger partial charge >= 0.3 is 6.18 Å². The first kappa shape index (κ1) is 23.4. The summed E-state index contributed by atoms with van der Waals surface area (Å²) in [4.78, 5) is 5.71. The highest BCUT2D eigenvalue weighted by molar-refractivity contribution is 14.0.